The van der Waals surface area contributed by atoms with E-state index in [1.807, 2.05) is 10.7 Å². The van der Waals surface area contributed by atoms with E-state index in [1.165, 1.54) is 28.0 Å². The Bertz CT molecular complexity index is 1080. The zero-order valence-electron chi connectivity index (χ0n) is 18.1. The second-order valence-electron chi connectivity index (χ2n) is 7.97. The molecule has 0 aliphatic carbocycles. The molecule has 1 aliphatic rings. The van der Waals surface area contributed by atoms with Crippen LogP contribution >= 0.6 is 23.6 Å². The van der Waals surface area contributed by atoms with Gasteiger partial charge in [0, 0.05) is 38.4 Å². The van der Waals surface area contributed by atoms with Crippen molar-refractivity contribution in [2.45, 2.75) is 20.5 Å². The lowest BCUT2D eigenvalue weighted by molar-refractivity contribution is 0.111. The van der Waals surface area contributed by atoms with E-state index in [9.17, 15) is 0 Å². The first kappa shape index (κ1) is 21.9. The van der Waals surface area contributed by atoms with Gasteiger partial charge in [-0.1, -0.05) is 59.9 Å². The van der Waals surface area contributed by atoms with Crippen molar-refractivity contribution in [3.8, 4) is 0 Å². The van der Waals surface area contributed by atoms with Crippen LogP contribution in [0.15, 0.2) is 54.6 Å². The van der Waals surface area contributed by atoms with E-state index in [1.54, 1.807) is 0 Å². The molecular formula is C24H29N5S2. The molecule has 0 radical (unpaired) electrons. The summed E-state index contributed by atoms with van der Waals surface area (Å²) in [5.41, 5.74) is 4.86. The van der Waals surface area contributed by atoms with Crippen molar-refractivity contribution in [2.75, 3.05) is 38.0 Å². The third-order valence-electron chi connectivity index (χ3n) is 5.64. The number of nitrogens with one attached hydrogen (secondary N) is 1. The molecule has 0 unspecified atom stereocenters. The Morgan fingerprint density at radius 2 is 1.74 bits per heavy atom. The van der Waals surface area contributed by atoms with E-state index in [0.717, 1.165) is 54.2 Å². The molecule has 2 aromatic carbocycles. The van der Waals surface area contributed by atoms with Gasteiger partial charge in [-0.05, 0) is 54.9 Å². The van der Waals surface area contributed by atoms with Crippen molar-refractivity contribution in [1.82, 2.24) is 19.6 Å². The van der Waals surface area contributed by atoms with Crippen molar-refractivity contribution in [1.29, 1.82) is 0 Å². The number of benzene rings is 2. The van der Waals surface area contributed by atoms with Gasteiger partial charge in [0.2, 0.25) is 5.13 Å². The summed E-state index contributed by atoms with van der Waals surface area (Å²) in [6.07, 6.45) is 4.46. The maximum atomic E-state index is 5.56. The molecule has 31 heavy (non-hydrogen) atoms. The lowest BCUT2D eigenvalue weighted by Gasteiger charge is -2.33. The molecular weight excluding hydrogens is 422 g/mol. The molecule has 1 saturated heterocycles. The molecule has 1 aliphatic heterocycles. The third-order valence-corrected chi connectivity index (χ3v) is 6.86. The minimum Gasteiger partial charge on any atom is -0.330 e. The number of rotatable bonds is 7. The van der Waals surface area contributed by atoms with Gasteiger partial charge in [0.05, 0.1) is 6.67 Å². The number of aryl methyl sites for hydroxylation is 2. The molecule has 1 N–H and O–H groups in total. The first-order valence-electron chi connectivity index (χ1n) is 10.7. The molecule has 1 aromatic heterocycles. The molecule has 2 heterocycles. The van der Waals surface area contributed by atoms with Gasteiger partial charge < -0.3 is 5.32 Å². The molecule has 3 aromatic rings. The average Bonchev–Trinajstić information content (AvgIpc) is 3.11. The largest absolute Gasteiger partial charge is 0.330 e. The Kier molecular flexibility index (Phi) is 7.29. The maximum absolute atomic E-state index is 5.56. The molecule has 1 fully saturated rings. The van der Waals surface area contributed by atoms with E-state index in [2.05, 4.69) is 83.6 Å². The number of hydrogen-bond acceptors (Lipinski definition) is 6. The van der Waals surface area contributed by atoms with Gasteiger partial charge in [0.1, 0.15) is 0 Å². The fourth-order valence-electron chi connectivity index (χ4n) is 3.59. The minimum atomic E-state index is 0.748. The molecule has 0 bridgehead atoms. The van der Waals surface area contributed by atoms with Crippen LogP contribution in [0.25, 0.3) is 6.08 Å². The Morgan fingerprint density at radius 1 is 1.00 bits per heavy atom. The number of piperazine rings is 1. The van der Waals surface area contributed by atoms with Crippen LogP contribution in [0.3, 0.4) is 0 Å². The highest BCUT2D eigenvalue weighted by Crippen LogP contribution is 2.22. The zero-order chi connectivity index (χ0) is 21.6. The fraction of sp³-hybridized carbons (Fsp3) is 0.333. The highest BCUT2D eigenvalue weighted by molar-refractivity contribution is 7.73. The molecule has 5 nitrogen and oxygen atoms in total. The van der Waals surface area contributed by atoms with Gasteiger partial charge >= 0.3 is 0 Å². The first-order chi connectivity index (χ1) is 15.1. The normalized spacial score (nSPS) is 15.5. The average molecular weight is 452 g/mol. The topological polar surface area (TPSA) is 36.3 Å². The Morgan fingerprint density at radius 3 is 2.48 bits per heavy atom. The summed E-state index contributed by atoms with van der Waals surface area (Å²) >= 11 is 7.09. The van der Waals surface area contributed by atoms with E-state index in [0.29, 0.717) is 0 Å². The van der Waals surface area contributed by atoms with Crippen molar-refractivity contribution in [3.63, 3.8) is 0 Å². The summed E-state index contributed by atoms with van der Waals surface area (Å²) in [5.74, 6) is 0. The number of anilines is 2. The fourth-order valence-corrected chi connectivity index (χ4v) is 4.61. The minimum absolute atomic E-state index is 0.748. The Balaban J connectivity index is 1.27. The quantitative estimate of drug-likeness (QED) is 0.492. The second kappa shape index (κ2) is 10.3. The van der Waals surface area contributed by atoms with E-state index < -0.39 is 0 Å². The summed E-state index contributed by atoms with van der Waals surface area (Å²) in [6, 6.07) is 16.8. The molecule has 162 valence electrons. The second-order valence-corrected chi connectivity index (χ2v) is 9.59. The van der Waals surface area contributed by atoms with Gasteiger partial charge in [-0.2, -0.15) is 0 Å². The Labute approximate surface area is 193 Å². The number of nitrogens with zero attached hydrogens (tertiary/aromatic N) is 4. The Hall–Kier alpha value is -2.32. The van der Waals surface area contributed by atoms with Gasteiger partial charge in [0.25, 0.3) is 0 Å². The van der Waals surface area contributed by atoms with Crippen LogP contribution in [-0.4, -0.2) is 52.3 Å². The van der Waals surface area contributed by atoms with E-state index >= 15 is 0 Å². The predicted octanol–water partition coefficient (Wildman–Crippen LogP) is 5.32. The monoisotopic (exact) mass is 451 g/mol. The van der Waals surface area contributed by atoms with Crippen LogP contribution in [0.2, 0.25) is 0 Å². The summed E-state index contributed by atoms with van der Waals surface area (Å²) < 4.78 is 2.74. The van der Waals surface area contributed by atoms with Crippen molar-refractivity contribution >= 4 is 40.4 Å². The van der Waals surface area contributed by atoms with E-state index in [-0.39, 0.29) is 0 Å². The van der Waals surface area contributed by atoms with Crippen LogP contribution in [0, 0.1) is 17.8 Å². The van der Waals surface area contributed by atoms with Crippen LogP contribution in [0.1, 0.15) is 16.7 Å². The van der Waals surface area contributed by atoms with Gasteiger partial charge in [-0.15, -0.1) is 5.10 Å². The van der Waals surface area contributed by atoms with Gasteiger partial charge in [-0.25, -0.2) is 4.68 Å². The molecule has 4 rings (SSSR count). The summed E-state index contributed by atoms with van der Waals surface area (Å²) in [7, 11) is 0. The van der Waals surface area contributed by atoms with Crippen molar-refractivity contribution in [2.24, 2.45) is 0 Å². The zero-order valence-corrected chi connectivity index (χ0v) is 19.8. The highest BCUT2D eigenvalue weighted by atomic mass is 32.1. The van der Waals surface area contributed by atoms with Crippen LogP contribution in [-0.2, 0) is 6.67 Å². The van der Waals surface area contributed by atoms with E-state index in [4.69, 9.17) is 17.3 Å². The van der Waals surface area contributed by atoms with Gasteiger partial charge in [0.15, 0.2) is 3.95 Å². The molecule has 0 saturated carbocycles. The molecule has 0 amide bonds. The number of aromatic nitrogens is 2. The van der Waals surface area contributed by atoms with Crippen LogP contribution in [0.4, 0.5) is 10.8 Å². The summed E-state index contributed by atoms with van der Waals surface area (Å²) in [4.78, 5) is 4.91. The summed E-state index contributed by atoms with van der Waals surface area (Å²) in [5, 5.41) is 8.95. The van der Waals surface area contributed by atoms with Crippen LogP contribution in [0.5, 0.6) is 0 Å². The summed E-state index contributed by atoms with van der Waals surface area (Å²) in [6.45, 7) is 10.2. The van der Waals surface area contributed by atoms with Crippen LogP contribution < -0.4 is 5.32 Å². The van der Waals surface area contributed by atoms with Crippen molar-refractivity contribution < 1.29 is 0 Å². The highest BCUT2D eigenvalue weighted by Gasteiger charge is 2.17. The maximum Gasteiger partial charge on any atom is 0.209 e. The standard InChI is InChI=1S/C24H29N5S2/c1-19-10-11-22(17-20(19)2)25-23-26-29(24(30)31-23)18-28-15-13-27(14-16-28)12-6-9-21-7-4-3-5-8-21/h3-11,17H,12-16,18H2,1-2H3,(H,25,26)/b9-6+. The van der Waals surface area contributed by atoms with Gasteiger partial charge in [-0.3, -0.25) is 9.80 Å². The molecule has 7 heteroatoms. The predicted molar refractivity (Wildman–Crippen MR) is 134 cm³/mol. The number of hydrogen-bond donors (Lipinski definition) is 1. The molecule has 0 spiro atoms. The lowest BCUT2D eigenvalue weighted by atomic mass is 10.1. The first-order valence-corrected chi connectivity index (χ1v) is 11.9. The SMILES string of the molecule is Cc1ccc(Nc2nn(CN3CCN(C/C=C/c4ccccc4)CC3)c(=S)s2)cc1C. The molecule has 0 atom stereocenters. The lowest BCUT2D eigenvalue weighted by Crippen LogP contribution is -2.46. The smallest absolute Gasteiger partial charge is 0.209 e. The third kappa shape index (κ3) is 6.11. The van der Waals surface area contributed by atoms with Crippen molar-refractivity contribution in [3.05, 3.63) is 75.3 Å².